The van der Waals surface area contributed by atoms with E-state index in [9.17, 15) is 4.79 Å². The number of amides is 1. The van der Waals surface area contributed by atoms with Gasteiger partial charge in [-0.1, -0.05) is 84.9 Å². The SMILES string of the molecule is O=C(CCc1ccccc1Cc1ccccc1)N1CCNCC1Cc1ccccc1. The number of piperazine rings is 1. The first-order valence-corrected chi connectivity index (χ1v) is 10.9. The van der Waals surface area contributed by atoms with E-state index in [1.54, 1.807) is 0 Å². The van der Waals surface area contributed by atoms with Crippen molar-refractivity contribution in [3.8, 4) is 0 Å². The number of hydrogen-bond acceptors (Lipinski definition) is 2. The number of benzene rings is 3. The van der Waals surface area contributed by atoms with Gasteiger partial charge in [0.05, 0.1) is 0 Å². The number of aryl methyl sites for hydroxylation is 1. The number of nitrogens with zero attached hydrogens (tertiary/aromatic N) is 1. The zero-order valence-corrected chi connectivity index (χ0v) is 17.5. The highest BCUT2D eigenvalue weighted by molar-refractivity contribution is 5.77. The molecule has 1 aliphatic rings. The third-order valence-corrected chi connectivity index (χ3v) is 5.95. The van der Waals surface area contributed by atoms with Crippen LogP contribution in [0.3, 0.4) is 0 Å². The molecule has 1 aliphatic heterocycles. The minimum Gasteiger partial charge on any atom is -0.337 e. The number of hydrogen-bond donors (Lipinski definition) is 1. The maximum atomic E-state index is 13.1. The summed E-state index contributed by atoms with van der Waals surface area (Å²) in [4.78, 5) is 15.2. The van der Waals surface area contributed by atoms with Crippen molar-refractivity contribution in [1.29, 1.82) is 0 Å². The summed E-state index contributed by atoms with van der Waals surface area (Å²) in [5, 5.41) is 3.46. The maximum Gasteiger partial charge on any atom is 0.223 e. The lowest BCUT2D eigenvalue weighted by Crippen LogP contribution is -2.54. The van der Waals surface area contributed by atoms with Crippen molar-refractivity contribution in [2.24, 2.45) is 0 Å². The Morgan fingerprint density at radius 1 is 0.833 bits per heavy atom. The molecule has 0 saturated carbocycles. The summed E-state index contributed by atoms with van der Waals surface area (Å²) in [6.45, 7) is 2.54. The van der Waals surface area contributed by atoms with Crippen LogP contribution in [-0.2, 0) is 24.1 Å². The third kappa shape index (κ3) is 5.37. The van der Waals surface area contributed by atoms with Gasteiger partial charge in [0.1, 0.15) is 0 Å². The Hall–Kier alpha value is -2.91. The summed E-state index contributed by atoms with van der Waals surface area (Å²) < 4.78 is 0. The van der Waals surface area contributed by atoms with Crippen LogP contribution in [0, 0.1) is 0 Å². The van der Waals surface area contributed by atoms with E-state index in [1.807, 2.05) is 12.1 Å². The second-order valence-electron chi connectivity index (χ2n) is 8.07. The molecule has 30 heavy (non-hydrogen) atoms. The Morgan fingerprint density at radius 3 is 2.20 bits per heavy atom. The average Bonchev–Trinajstić information content (AvgIpc) is 2.80. The summed E-state index contributed by atoms with van der Waals surface area (Å²) in [7, 11) is 0. The van der Waals surface area contributed by atoms with Gasteiger partial charge in [-0.05, 0) is 41.5 Å². The average molecular weight is 399 g/mol. The van der Waals surface area contributed by atoms with E-state index in [2.05, 4.69) is 83.0 Å². The van der Waals surface area contributed by atoms with E-state index in [0.717, 1.165) is 38.9 Å². The van der Waals surface area contributed by atoms with Crippen molar-refractivity contribution >= 4 is 5.91 Å². The van der Waals surface area contributed by atoms with Crippen LogP contribution in [-0.4, -0.2) is 36.5 Å². The van der Waals surface area contributed by atoms with Crippen molar-refractivity contribution in [1.82, 2.24) is 10.2 Å². The second-order valence-corrected chi connectivity index (χ2v) is 8.07. The Kier molecular flexibility index (Phi) is 6.94. The van der Waals surface area contributed by atoms with Crippen LogP contribution in [0.15, 0.2) is 84.9 Å². The van der Waals surface area contributed by atoms with Crippen LogP contribution in [0.5, 0.6) is 0 Å². The molecule has 0 aliphatic carbocycles. The number of nitrogens with one attached hydrogen (secondary N) is 1. The topological polar surface area (TPSA) is 32.3 Å². The molecule has 3 nitrogen and oxygen atoms in total. The number of carbonyl (C=O) groups excluding carboxylic acids is 1. The van der Waals surface area contributed by atoms with Crippen molar-refractivity contribution in [3.05, 3.63) is 107 Å². The van der Waals surface area contributed by atoms with Crippen LogP contribution < -0.4 is 5.32 Å². The molecule has 1 atom stereocenters. The van der Waals surface area contributed by atoms with Crippen molar-refractivity contribution in [3.63, 3.8) is 0 Å². The van der Waals surface area contributed by atoms with Crippen LogP contribution in [0.1, 0.15) is 28.7 Å². The molecule has 0 radical (unpaired) electrons. The fourth-order valence-corrected chi connectivity index (χ4v) is 4.33. The van der Waals surface area contributed by atoms with Crippen molar-refractivity contribution in [2.75, 3.05) is 19.6 Å². The van der Waals surface area contributed by atoms with Crippen LogP contribution in [0.2, 0.25) is 0 Å². The predicted molar refractivity (Wildman–Crippen MR) is 123 cm³/mol. The highest BCUT2D eigenvalue weighted by atomic mass is 16.2. The lowest BCUT2D eigenvalue weighted by molar-refractivity contribution is -0.134. The van der Waals surface area contributed by atoms with E-state index >= 15 is 0 Å². The minimum atomic E-state index is 0.230. The maximum absolute atomic E-state index is 13.1. The zero-order valence-electron chi connectivity index (χ0n) is 17.5. The van der Waals surface area contributed by atoms with E-state index < -0.39 is 0 Å². The smallest absolute Gasteiger partial charge is 0.223 e. The fourth-order valence-electron chi connectivity index (χ4n) is 4.33. The van der Waals surface area contributed by atoms with Gasteiger partial charge in [0.25, 0.3) is 0 Å². The number of carbonyl (C=O) groups is 1. The molecule has 1 N–H and O–H groups in total. The molecular weight excluding hydrogens is 368 g/mol. The van der Waals surface area contributed by atoms with Crippen molar-refractivity contribution < 1.29 is 4.79 Å². The van der Waals surface area contributed by atoms with Crippen molar-refractivity contribution in [2.45, 2.75) is 31.7 Å². The number of rotatable bonds is 7. The molecule has 1 amide bonds. The Labute approximate surface area is 179 Å². The Morgan fingerprint density at radius 2 is 1.47 bits per heavy atom. The fraction of sp³-hybridized carbons (Fsp3) is 0.296. The molecular formula is C27H30N2O. The van der Waals surface area contributed by atoms with Gasteiger partial charge in [-0.15, -0.1) is 0 Å². The van der Waals surface area contributed by atoms with Gasteiger partial charge in [0.15, 0.2) is 0 Å². The van der Waals surface area contributed by atoms with Gasteiger partial charge in [-0.2, -0.15) is 0 Å². The summed E-state index contributed by atoms with van der Waals surface area (Å²) in [5.74, 6) is 0.270. The molecule has 0 spiro atoms. The monoisotopic (exact) mass is 398 g/mol. The normalized spacial score (nSPS) is 16.4. The van der Waals surface area contributed by atoms with Crippen LogP contribution in [0.25, 0.3) is 0 Å². The molecule has 4 rings (SSSR count). The predicted octanol–water partition coefficient (Wildman–Crippen LogP) is 4.25. The van der Waals surface area contributed by atoms with Gasteiger partial charge >= 0.3 is 0 Å². The first-order chi connectivity index (χ1) is 14.8. The van der Waals surface area contributed by atoms with Gasteiger partial charge in [-0.25, -0.2) is 0 Å². The van der Waals surface area contributed by atoms with Gasteiger partial charge in [-0.3, -0.25) is 4.79 Å². The first kappa shape index (κ1) is 20.4. The van der Waals surface area contributed by atoms with E-state index in [0.29, 0.717) is 6.42 Å². The highest BCUT2D eigenvalue weighted by Gasteiger charge is 2.26. The highest BCUT2D eigenvalue weighted by Crippen LogP contribution is 2.18. The van der Waals surface area contributed by atoms with E-state index in [1.165, 1.54) is 22.3 Å². The summed E-state index contributed by atoms with van der Waals surface area (Å²) in [5.41, 5.74) is 5.20. The largest absolute Gasteiger partial charge is 0.337 e. The van der Waals surface area contributed by atoms with Crippen LogP contribution in [0.4, 0.5) is 0 Å². The molecule has 3 aromatic carbocycles. The zero-order chi connectivity index (χ0) is 20.6. The first-order valence-electron chi connectivity index (χ1n) is 10.9. The quantitative estimate of drug-likeness (QED) is 0.645. The van der Waals surface area contributed by atoms with Crippen LogP contribution >= 0.6 is 0 Å². The standard InChI is InChI=1S/C27H30N2O/c30-27(29-18-17-28-21-26(29)20-23-11-5-2-6-12-23)16-15-24-13-7-8-14-25(24)19-22-9-3-1-4-10-22/h1-14,26,28H,15-21H2. The molecule has 0 aromatic heterocycles. The second kappa shape index (κ2) is 10.2. The minimum absolute atomic E-state index is 0.230. The summed E-state index contributed by atoms with van der Waals surface area (Å²) in [6.07, 6.45) is 3.18. The van der Waals surface area contributed by atoms with Gasteiger partial charge in [0, 0.05) is 32.1 Å². The molecule has 1 fully saturated rings. The van der Waals surface area contributed by atoms with Gasteiger partial charge < -0.3 is 10.2 Å². The lowest BCUT2D eigenvalue weighted by atomic mass is 9.96. The summed E-state index contributed by atoms with van der Waals surface area (Å²) >= 11 is 0. The van der Waals surface area contributed by atoms with E-state index in [4.69, 9.17) is 0 Å². The molecule has 3 aromatic rings. The lowest BCUT2D eigenvalue weighted by Gasteiger charge is -2.36. The Balaban J connectivity index is 1.40. The molecule has 154 valence electrons. The molecule has 1 heterocycles. The summed E-state index contributed by atoms with van der Waals surface area (Å²) in [6, 6.07) is 29.8. The molecule has 0 bridgehead atoms. The van der Waals surface area contributed by atoms with Gasteiger partial charge in [0.2, 0.25) is 5.91 Å². The molecule has 3 heteroatoms. The molecule has 1 saturated heterocycles. The van der Waals surface area contributed by atoms with E-state index in [-0.39, 0.29) is 11.9 Å². The molecule has 1 unspecified atom stereocenters. The Bertz CT molecular complexity index is 939. The third-order valence-electron chi connectivity index (χ3n) is 5.95.